The third kappa shape index (κ3) is 8.10. The second kappa shape index (κ2) is 14.6. The van der Waals surface area contributed by atoms with Gasteiger partial charge in [-0.15, -0.1) is 6.58 Å². The summed E-state index contributed by atoms with van der Waals surface area (Å²) in [5.41, 5.74) is 3.12. The maximum atomic E-state index is 11.7. The van der Waals surface area contributed by atoms with Gasteiger partial charge in [-0.05, 0) is 23.1 Å². The molecule has 0 radical (unpaired) electrons. The fraction of sp³-hybridized carbons (Fsp3) is 0.344. The first-order valence-corrected chi connectivity index (χ1v) is 13.0. The number of hydrogen-bond donors (Lipinski definition) is 0. The van der Waals surface area contributed by atoms with Gasteiger partial charge in [0.1, 0.15) is 31.0 Å². The van der Waals surface area contributed by atoms with E-state index in [2.05, 4.69) is 6.58 Å². The summed E-state index contributed by atoms with van der Waals surface area (Å²) < 4.78 is 31.4. The first-order chi connectivity index (χ1) is 18.6. The van der Waals surface area contributed by atoms with E-state index in [1.807, 2.05) is 97.1 Å². The Morgan fingerprint density at radius 3 is 1.55 bits per heavy atom. The lowest BCUT2D eigenvalue weighted by molar-refractivity contribution is -0.270. The minimum Gasteiger partial charge on any atom is -0.463 e. The van der Waals surface area contributed by atoms with E-state index in [1.54, 1.807) is 0 Å². The van der Waals surface area contributed by atoms with Gasteiger partial charge in [-0.1, -0.05) is 97.1 Å². The molecule has 6 nitrogen and oxygen atoms in total. The van der Waals surface area contributed by atoms with Crippen LogP contribution in [-0.4, -0.2) is 43.1 Å². The maximum absolute atomic E-state index is 11.7. The Hall–Kier alpha value is -3.29. The van der Waals surface area contributed by atoms with Crippen LogP contribution in [0.2, 0.25) is 0 Å². The topological polar surface area (TPSA) is 63.2 Å². The van der Waals surface area contributed by atoms with Crippen LogP contribution in [0.1, 0.15) is 30.0 Å². The fourth-order valence-corrected chi connectivity index (χ4v) is 4.57. The van der Waals surface area contributed by atoms with E-state index in [-0.39, 0.29) is 18.7 Å². The molecule has 1 aliphatic rings. The molecule has 0 bridgehead atoms. The van der Waals surface area contributed by atoms with Gasteiger partial charge < -0.3 is 23.7 Å². The van der Waals surface area contributed by atoms with Gasteiger partial charge in [0.15, 0.2) is 0 Å². The summed E-state index contributed by atoms with van der Waals surface area (Å²) in [6.45, 7) is 6.50. The van der Waals surface area contributed by atoms with Crippen molar-refractivity contribution in [3.8, 4) is 0 Å². The van der Waals surface area contributed by atoms with E-state index in [0.29, 0.717) is 26.2 Å². The molecule has 0 N–H and O–H groups in total. The van der Waals surface area contributed by atoms with E-state index >= 15 is 0 Å². The van der Waals surface area contributed by atoms with Gasteiger partial charge in [-0.2, -0.15) is 0 Å². The fourth-order valence-electron chi connectivity index (χ4n) is 4.57. The Bertz CT molecular complexity index is 1100. The van der Waals surface area contributed by atoms with Crippen molar-refractivity contribution in [3.05, 3.63) is 120 Å². The van der Waals surface area contributed by atoms with Gasteiger partial charge in [0.2, 0.25) is 0 Å². The lowest BCUT2D eigenvalue weighted by atomic mass is 9.92. The van der Waals surface area contributed by atoms with Gasteiger partial charge >= 0.3 is 5.97 Å². The maximum Gasteiger partial charge on any atom is 0.302 e. The lowest BCUT2D eigenvalue weighted by Crippen LogP contribution is -2.61. The summed E-state index contributed by atoms with van der Waals surface area (Å²) in [5.74, 6) is -0.375. The third-order valence-corrected chi connectivity index (χ3v) is 6.44. The highest BCUT2D eigenvalue weighted by Crippen LogP contribution is 2.32. The zero-order chi connectivity index (χ0) is 26.6. The van der Waals surface area contributed by atoms with E-state index in [9.17, 15) is 4.79 Å². The standard InChI is InChI=1S/C32H36O6/c1-3-13-28-30(35-20-25-14-7-4-8-15-25)32(37-22-27-18-11-6-12-19-27)31(29(38-28)23-34-24(2)33)36-21-26-16-9-5-10-17-26/h3-12,14-19,28-32H,1,13,20-23H2,2H3. The highest BCUT2D eigenvalue weighted by Gasteiger charge is 2.48. The summed E-state index contributed by atoms with van der Waals surface area (Å²) in [4.78, 5) is 11.7. The predicted octanol–water partition coefficient (Wildman–Crippen LogP) is 5.65. The molecule has 5 unspecified atom stereocenters. The molecule has 0 amide bonds. The number of ether oxygens (including phenoxy) is 5. The van der Waals surface area contributed by atoms with Crippen LogP contribution in [0.25, 0.3) is 0 Å². The second-order valence-electron chi connectivity index (χ2n) is 9.32. The molecule has 4 rings (SSSR count). The molecular weight excluding hydrogens is 480 g/mol. The zero-order valence-electron chi connectivity index (χ0n) is 21.8. The number of carbonyl (C=O) groups is 1. The van der Waals surface area contributed by atoms with Crippen molar-refractivity contribution in [2.24, 2.45) is 0 Å². The Morgan fingerprint density at radius 1 is 0.711 bits per heavy atom. The summed E-state index contributed by atoms with van der Waals surface area (Å²) >= 11 is 0. The molecule has 0 aromatic heterocycles. The van der Waals surface area contributed by atoms with Crippen molar-refractivity contribution in [3.63, 3.8) is 0 Å². The monoisotopic (exact) mass is 516 g/mol. The smallest absolute Gasteiger partial charge is 0.302 e. The first-order valence-electron chi connectivity index (χ1n) is 13.0. The zero-order valence-corrected chi connectivity index (χ0v) is 21.8. The lowest BCUT2D eigenvalue weighted by Gasteiger charge is -2.46. The third-order valence-electron chi connectivity index (χ3n) is 6.44. The largest absolute Gasteiger partial charge is 0.463 e. The van der Waals surface area contributed by atoms with Crippen molar-refractivity contribution in [2.75, 3.05) is 6.61 Å². The molecule has 6 heteroatoms. The van der Waals surface area contributed by atoms with Crippen LogP contribution in [-0.2, 0) is 48.3 Å². The van der Waals surface area contributed by atoms with Crippen molar-refractivity contribution in [1.29, 1.82) is 0 Å². The molecule has 1 fully saturated rings. The number of carbonyl (C=O) groups excluding carboxylic acids is 1. The van der Waals surface area contributed by atoms with E-state index < -0.39 is 24.4 Å². The number of rotatable bonds is 13. The Kier molecular flexibility index (Phi) is 10.7. The molecule has 0 spiro atoms. The summed E-state index contributed by atoms with van der Waals surface area (Å²) in [6, 6.07) is 29.9. The molecular formula is C32H36O6. The number of esters is 1. The van der Waals surface area contributed by atoms with Gasteiger partial charge in [-0.25, -0.2) is 0 Å². The molecule has 3 aromatic carbocycles. The Labute approximate surface area is 225 Å². The minimum atomic E-state index is -0.542. The molecule has 0 aliphatic carbocycles. The van der Waals surface area contributed by atoms with E-state index in [0.717, 1.165) is 16.7 Å². The van der Waals surface area contributed by atoms with Gasteiger partial charge in [0, 0.05) is 6.92 Å². The molecule has 200 valence electrons. The van der Waals surface area contributed by atoms with Gasteiger partial charge in [-0.3, -0.25) is 4.79 Å². The average Bonchev–Trinajstić information content (AvgIpc) is 2.95. The average molecular weight is 517 g/mol. The number of hydrogen-bond acceptors (Lipinski definition) is 6. The SMILES string of the molecule is C=CCC1OC(COC(C)=O)C(OCc2ccccc2)C(OCc2ccccc2)C1OCc1ccccc1. The minimum absolute atomic E-state index is 0.0546. The van der Waals surface area contributed by atoms with Crippen molar-refractivity contribution in [2.45, 2.75) is 63.7 Å². The van der Waals surface area contributed by atoms with E-state index in [1.165, 1.54) is 6.92 Å². The van der Waals surface area contributed by atoms with Crippen molar-refractivity contribution >= 4 is 5.97 Å². The van der Waals surface area contributed by atoms with Crippen molar-refractivity contribution in [1.82, 2.24) is 0 Å². The summed E-state index contributed by atoms with van der Waals surface area (Å²) in [6.07, 6.45) is 0.00524. The molecule has 3 aromatic rings. The molecule has 5 atom stereocenters. The Morgan fingerprint density at radius 2 is 1.13 bits per heavy atom. The van der Waals surface area contributed by atoms with Crippen LogP contribution in [0, 0.1) is 0 Å². The highest BCUT2D eigenvalue weighted by atomic mass is 16.6. The molecule has 1 saturated heterocycles. The molecule has 1 heterocycles. The number of benzene rings is 3. The quantitative estimate of drug-likeness (QED) is 0.216. The second-order valence-corrected chi connectivity index (χ2v) is 9.32. The summed E-state index contributed by atoms with van der Waals surface area (Å²) in [5, 5.41) is 0. The van der Waals surface area contributed by atoms with Crippen LogP contribution in [0.3, 0.4) is 0 Å². The normalized spacial score (nSPS) is 23.0. The highest BCUT2D eigenvalue weighted by molar-refractivity contribution is 5.65. The van der Waals surface area contributed by atoms with Crippen LogP contribution in [0.4, 0.5) is 0 Å². The van der Waals surface area contributed by atoms with Crippen LogP contribution < -0.4 is 0 Å². The molecule has 1 aliphatic heterocycles. The van der Waals surface area contributed by atoms with Crippen molar-refractivity contribution < 1.29 is 28.5 Å². The van der Waals surface area contributed by atoms with Crippen LogP contribution >= 0.6 is 0 Å². The summed E-state index contributed by atoms with van der Waals surface area (Å²) in [7, 11) is 0. The molecule has 0 saturated carbocycles. The predicted molar refractivity (Wildman–Crippen MR) is 145 cm³/mol. The van der Waals surface area contributed by atoms with E-state index in [4.69, 9.17) is 23.7 Å². The van der Waals surface area contributed by atoms with Crippen LogP contribution in [0.5, 0.6) is 0 Å². The Balaban J connectivity index is 1.62. The van der Waals surface area contributed by atoms with Gasteiger partial charge in [0.05, 0.1) is 25.9 Å². The van der Waals surface area contributed by atoms with Gasteiger partial charge in [0.25, 0.3) is 0 Å². The van der Waals surface area contributed by atoms with Crippen LogP contribution in [0.15, 0.2) is 104 Å². The molecule has 38 heavy (non-hydrogen) atoms. The first kappa shape index (κ1) is 27.7.